The van der Waals surface area contributed by atoms with E-state index in [1.165, 1.54) is 33.9 Å². The number of hydrogen-bond donors (Lipinski definition) is 6. The maximum absolute atomic E-state index is 13.9. The van der Waals surface area contributed by atoms with Gasteiger partial charge in [0.15, 0.2) is 0 Å². The topological polar surface area (TPSA) is 221 Å². The number of aliphatic carboxylic acids is 2. The molecule has 0 unspecified atom stereocenters. The van der Waals surface area contributed by atoms with Crippen molar-refractivity contribution in [3.8, 4) is 0 Å². The van der Waals surface area contributed by atoms with Crippen LogP contribution in [-0.4, -0.2) is 101 Å². The highest BCUT2D eigenvalue weighted by molar-refractivity contribution is 6.00. The largest absolute Gasteiger partial charge is 0.480 e. The summed E-state index contributed by atoms with van der Waals surface area (Å²) in [6.45, 7) is 11.4. The number of carbonyl (C=O) groups is 7. The van der Waals surface area contributed by atoms with E-state index in [9.17, 15) is 43.8 Å². The molecule has 1 aliphatic heterocycles. The Morgan fingerprint density at radius 3 is 2.07 bits per heavy atom. The number of carboxylic acid groups (broad SMARTS) is 2. The summed E-state index contributed by atoms with van der Waals surface area (Å²) in [5, 5.41) is 30.1. The highest BCUT2D eigenvalue weighted by Gasteiger charge is 2.37. The summed E-state index contributed by atoms with van der Waals surface area (Å²) in [6.07, 6.45) is 6.37. The molecule has 8 atom stereocenters. The van der Waals surface area contributed by atoms with Crippen LogP contribution >= 0.6 is 0 Å². The molecule has 1 heterocycles. The molecule has 1 aliphatic rings. The van der Waals surface area contributed by atoms with Crippen LogP contribution in [0, 0.1) is 23.7 Å². The number of likely N-dealkylation sites (N-methyl/N-ethyl adjacent to an activating group) is 1. The Hall–Kier alpha value is -5.31. The number of benzene rings is 1. The smallest absolute Gasteiger partial charge is 0.327 e. The number of nitrogens with zero attached hydrogens (tertiary/aromatic N) is 1. The number of methoxy groups -OCH3 is 1. The van der Waals surface area contributed by atoms with Crippen molar-refractivity contribution in [1.82, 2.24) is 26.2 Å². The summed E-state index contributed by atoms with van der Waals surface area (Å²) >= 11 is 0. The van der Waals surface area contributed by atoms with Crippen LogP contribution in [0.2, 0.25) is 0 Å². The van der Waals surface area contributed by atoms with E-state index in [0.29, 0.717) is 6.42 Å². The fourth-order valence-electron chi connectivity index (χ4n) is 6.11. The second kappa shape index (κ2) is 21.5. The maximum Gasteiger partial charge on any atom is 0.327 e. The van der Waals surface area contributed by atoms with Gasteiger partial charge in [-0.1, -0.05) is 94.8 Å². The SMILES string of the molecule is C/C=C1\C(=O)N[C@@H](C(=O)O)[C@H](C)C(=O)N[C@@H](C(C)C)C(=O)N[C@@H](/C=C/C(C)=C/[C@H](C)[C@H](Cc2ccccc2)OC)[C@H](C)C(=O)N[C@@H](C(=O)O)CCC(=O)N1C. The van der Waals surface area contributed by atoms with Gasteiger partial charge in [-0.2, -0.15) is 0 Å². The standard InChI is InChI=1S/C40H57N5O10/c1-10-30-37(49)44-34(40(53)54)26(7)36(48)43-33(22(2)3)38(50)41-28(25(6)35(47)42-29(39(51)52)18-19-32(46)45(30)8)17-16-23(4)20-24(5)31(55-9)21-27-14-12-11-13-15-27/h10-17,20,22,24-26,28-29,31,33-34H,18-19,21H2,1-9H3,(H,41,50)(H,42,47)(H,43,48)(H,44,49)(H,51,52)(H,53,54)/b17-16+,23-20+,30-10+/t24-,25-,26-,28-,29+,31-,33-,34+/m0/s1. The van der Waals surface area contributed by atoms with E-state index in [2.05, 4.69) is 21.3 Å². The molecular weight excluding hydrogens is 710 g/mol. The summed E-state index contributed by atoms with van der Waals surface area (Å²) in [6, 6.07) is 4.42. The van der Waals surface area contributed by atoms with Crippen LogP contribution in [0.3, 0.4) is 0 Å². The molecule has 0 bridgehead atoms. The fraction of sp³-hybridized carbons (Fsp3) is 0.525. The molecule has 0 aliphatic carbocycles. The van der Waals surface area contributed by atoms with Crippen molar-refractivity contribution in [1.29, 1.82) is 0 Å². The zero-order valence-electron chi connectivity index (χ0n) is 33.1. The van der Waals surface area contributed by atoms with Gasteiger partial charge in [-0.25, -0.2) is 9.59 Å². The number of ether oxygens (including phenoxy) is 1. The van der Waals surface area contributed by atoms with Crippen LogP contribution < -0.4 is 21.3 Å². The van der Waals surface area contributed by atoms with Gasteiger partial charge in [0.1, 0.15) is 23.8 Å². The molecule has 302 valence electrons. The third kappa shape index (κ3) is 13.5. The first-order valence-electron chi connectivity index (χ1n) is 18.4. The monoisotopic (exact) mass is 767 g/mol. The first-order chi connectivity index (χ1) is 25.8. The molecule has 55 heavy (non-hydrogen) atoms. The van der Waals surface area contributed by atoms with Crippen molar-refractivity contribution in [2.75, 3.05) is 14.2 Å². The lowest BCUT2D eigenvalue weighted by atomic mass is 9.94. The van der Waals surface area contributed by atoms with E-state index in [1.54, 1.807) is 33.1 Å². The zero-order chi connectivity index (χ0) is 41.6. The maximum atomic E-state index is 13.9. The zero-order valence-corrected chi connectivity index (χ0v) is 33.1. The summed E-state index contributed by atoms with van der Waals surface area (Å²) in [5.74, 6) is -9.82. The van der Waals surface area contributed by atoms with Gasteiger partial charge in [0.25, 0.3) is 5.91 Å². The van der Waals surface area contributed by atoms with Crippen LogP contribution in [0.15, 0.2) is 65.9 Å². The molecule has 0 radical (unpaired) electrons. The van der Waals surface area contributed by atoms with Crippen LogP contribution in [0.25, 0.3) is 0 Å². The van der Waals surface area contributed by atoms with Crippen LogP contribution in [0.5, 0.6) is 0 Å². The van der Waals surface area contributed by atoms with Gasteiger partial charge in [0.2, 0.25) is 23.6 Å². The van der Waals surface area contributed by atoms with Crippen molar-refractivity contribution < 1.29 is 48.5 Å². The molecule has 1 fully saturated rings. The summed E-state index contributed by atoms with van der Waals surface area (Å²) in [4.78, 5) is 92.8. The molecule has 2 rings (SSSR count). The molecule has 15 nitrogen and oxygen atoms in total. The van der Waals surface area contributed by atoms with E-state index in [-0.39, 0.29) is 24.1 Å². The molecule has 15 heteroatoms. The van der Waals surface area contributed by atoms with Gasteiger partial charge in [0.05, 0.1) is 24.0 Å². The van der Waals surface area contributed by atoms with E-state index >= 15 is 0 Å². The first-order valence-corrected chi connectivity index (χ1v) is 18.4. The van der Waals surface area contributed by atoms with E-state index in [4.69, 9.17) is 4.74 Å². The Balaban J connectivity index is 2.57. The lowest BCUT2D eigenvalue weighted by Gasteiger charge is -2.29. The molecule has 1 aromatic rings. The van der Waals surface area contributed by atoms with Crippen LogP contribution in [0.1, 0.15) is 66.9 Å². The molecular formula is C40H57N5O10. The lowest BCUT2D eigenvalue weighted by Crippen LogP contribution is -2.57. The van der Waals surface area contributed by atoms with E-state index < -0.39 is 89.8 Å². The Kier molecular flexibility index (Phi) is 18.0. The molecule has 0 aromatic heterocycles. The van der Waals surface area contributed by atoms with E-state index in [1.807, 2.05) is 50.3 Å². The van der Waals surface area contributed by atoms with Crippen molar-refractivity contribution in [2.45, 2.75) is 98.0 Å². The second-order valence-corrected chi connectivity index (χ2v) is 14.3. The number of carbonyl (C=O) groups excluding carboxylic acids is 5. The highest BCUT2D eigenvalue weighted by atomic mass is 16.5. The predicted octanol–water partition coefficient (Wildman–Crippen LogP) is 2.58. The Labute approximate surface area is 323 Å². The molecule has 1 saturated heterocycles. The molecule has 0 spiro atoms. The minimum Gasteiger partial charge on any atom is -0.480 e. The van der Waals surface area contributed by atoms with Gasteiger partial charge < -0.3 is 41.1 Å². The summed E-state index contributed by atoms with van der Waals surface area (Å²) in [7, 11) is 2.91. The van der Waals surface area contributed by atoms with Crippen molar-refractivity contribution in [2.24, 2.45) is 23.7 Å². The van der Waals surface area contributed by atoms with Gasteiger partial charge >= 0.3 is 11.9 Å². The van der Waals surface area contributed by atoms with Gasteiger partial charge in [-0.15, -0.1) is 0 Å². The average molecular weight is 768 g/mol. The molecule has 1 aromatic carbocycles. The van der Waals surface area contributed by atoms with Crippen molar-refractivity contribution >= 4 is 41.5 Å². The van der Waals surface area contributed by atoms with Crippen molar-refractivity contribution in [3.63, 3.8) is 0 Å². The lowest BCUT2D eigenvalue weighted by molar-refractivity contribution is -0.146. The molecule has 6 N–H and O–H groups in total. The van der Waals surface area contributed by atoms with Crippen LogP contribution in [-0.2, 0) is 44.7 Å². The highest BCUT2D eigenvalue weighted by Crippen LogP contribution is 2.19. The summed E-state index contributed by atoms with van der Waals surface area (Å²) < 4.78 is 5.78. The molecule has 5 amide bonds. The van der Waals surface area contributed by atoms with Crippen LogP contribution in [0.4, 0.5) is 0 Å². The number of hydrogen-bond acceptors (Lipinski definition) is 8. The number of rotatable bonds is 10. The number of allylic oxidation sites excluding steroid dienone is 3. The number of amides is 5. The fourth-order valence-corrected chi connectivity index (χ4v) is 6.11. The first kappa shape index (κ1) is 45.8. The van der Waals surface area contributed by atoms with E-state index in [0.717, 1.165) is 16.0 Å². The quantitative estimate of drug-likeness (QED) is 0.151. The second-order valence-electron chi connectivity index (χ2n) is 14.3. The normalized spacial score (nSPS) is 26.3. The predicted molar refractivity (Wildman–Crippen MR) is 205 cm³/mol. The Morgan fingerprint density at radius 2 is 1.53 bits per heavy atom. The minimum absolute atomic E-state index is 0.0384. The average Bonchev–Trinajstić information content (AvgIpc) is 3.13. The van der Waals surface area contributed by atoms with Gasteiger partial charge in [-0.05, 0) is 38.2 Å². The van der Waals surface area contributed by atoms with Gasteiger partial charge in [-0.3, -0.25) is 24.0 Å². The molecule has 0 saturated carbocycles. The number of nitrogens with one attached hydrogen (secondary N) is 4. The Morgan fingerprint density at radius 1 is 0.909 bits per heavy atom. The summed E-state index contributed by atoms with van der Waals surface area (Å²) in [5.41, 5.74) is 1.66. The third-order valence-corrected chi connectivity index (χ3v) is 9.74. The van der Waals surface area contributed by atoms with Gasteiger partial charge in [0, 0.05) is 26.5 Å². The minimum atomic E-state index is -1.75. The Bertz CT molecular complexity index is 1640. The van der Waals surface area contributed by atoms with Crippen molar-refractivity contribution in [3.05, 3.63) is 71.5 Å². The third-order valence-electron chi connectivity index (χ3n) is 9.74. The number of carboxylic acids is 2.